The molecule has 1 aromatic rings. The molecule has 2 rings (SSSR count). The van der Waals surface area contributed by atoms with Gasteiger partial charge in [0.1, 0.15) is 0 Å². The van der Waals surface area contributed by atoms with E-state index in [1.807, 2.05) is 4.90 Å². The minimum atomic E-state index is -0.0353. The topological polar surface area (TPSA) is 64.8 Å². The lowest BCUT2D eigenvalue weighted by molar-refractivity contribution is 0.0624. The summed E-state index contributed by atoms with van der Waals surface area (Å²) in [6, 6.07) is 3.31. The van der Waals surface area contributed by atoms with Gasteiger partial charge in [-0.2, -0.15) is 0 Å². The Labute approximate surface area is 126 Å². The average Bonchev–Trinajstić information content (AvgIpc) is 2.45. The van der Waals surface area contributed by atoms with Crippen LogP contribution in [0.5, 0.6) is 11.5 Å². The van der Waals surface area contributed by atoms with Gasteiger partial charge in [0.2, 0.25) is 0 Å². The largest absolute Gasteiger partial charge is 0.493 e. The highest BCUT2D eigenvalue weighted by Gasteiger charge is 2.27. The van der Waals surface area contributed by atoms with Crippen molar-refractivity contribution in [3.63, 3.8) is 0 Å². The van der Waals surface area contributed by atoms with Crippen molar-refractivity contribution >= 4 is 11.6 Å². The Balaban J connectivity index is 2.30. The zero-order valence-corrected chi connectivity index (χ0v) is 13.2. The SMILES string of the molecule is COc1cc(N)c(C(=O)N2C[C@H](C)C[C@@H](C)C2)cc1OC. The van der Waals surface area contributed by atoms with E-state index in [0.29, 0.717) is 34.6 Å². The molecule has 1 aliphatic heterocycles. The van der Waals surface area contributed by atoms with Gasteiger partial charge in [0, 0.05) is 24.8 Å². The Kier molecular flexibility index (Phi) is 4.60. The van der Waals surface area contributed by atoms with E-state index in [4.69, 9.17) is 15.2 Å². The van der Waals surface area contributed by atoms with Crippen LogP contribution in [0.25, 0.3) is 0 Å². The third-order valence-electron chi connectivity index (χ3n) is 3.94. The molecule has 0 bridgehead atoms. The first-order valence-corrected chi connectivity index (χ1v) is 7.27. The van der Waals surface area contributed by atoms with Crippen LogP contribution in [0.15, 0.2) is 12.1 Å². The number of likely N-dealkylation sites (tertiary alicyclic amines) is 1. The number of hydrogen-bond donors (Lipinski definition) is 1. The summed E-state index contributed by atoms with van der Waals surface area (Å²) in [5.41, 5.74) is 6.91. The molecule has 1 saturated heterocycles. The summed E-state index contributed by atoms with van der Waals surface area (Å²) in [5.74, 6) is 2.05. The Bertz CT molecular complexity index is 520. The molecule has 0 radical (unpaired) electrons. The molecule has 2 N–H and O–H groups in total. The Hall–Kier alpha value is -1.91. The number of benzene rings is 1. The van der Waals surface area contributed by atoms with Gasteiger partial charge < -0.3 is 20.1 Å². The predicted molar refractivity (Wildman–Crippen MR) is 82.8 cm³/mol. The maximum atomic E-state index is 12.7. The Morgan fingerprint density at radius 2 is 1.67 bits per heavy atom. The van der Waals surface area contributed by atoms with Crippen LogP contribution in [0, 0.1) is 11.8 Å². The average molecular weight is 292 g/mol. The van der Waals surface area contributed by atoms with E-state index < -0.39 is 0 Å². The first-order valence-electron chi connectivity index (χ1n) is 7.27. The standard InChI is InChI=1S/C16H24N2O3/c1-10-5-11(2)9-18(8-10)16(19)12-6-14(20-3)15(21-4)7-13(12)17/h6-7,10-11H,5,8-9,17H2,1-4H3/t10-,11-/m1/s1. The summed E-state index contributed by atoms with van der Waals surface area (Å²) < 4.78 is 10.5. The quantitative estimate of drug-likeness (QED) is 0.869. The monoisotopic (exact) mass is 292 g/mol. The molecule has 0 spiro atoms. The molecule has 0 unspecified atom stereocenters. The number of nitrogens with two attached hydrogens (primary N) is 1. The van der Waals surface area contributed by atoms with Crippen molar-refractivity contribution in [2.75, 3.05) is 33.0 Å². The fourth-order valence-electron chi connectivity index (χ4n) is 3.08. The van der Waals surface area contributed by atoms with Crippen molar-refractivity contribution in [1.29, 1.82) is 0 Å². The van der Waals surface area contributed by atoms with Crippen molar-refractivity contribution in [3.05, 3.63) is 17.7 Å². The van der Waals surface area contributed by atoms with E-state index in [0.717, 1.165) is 19.5 Å². The highest BCUT2D eigenvalue weighted by atomic mass is 16.5. The lowest BCUT2D eigenvalue weighted by atomic mass is 9.91. The van der Waals surface area contributed by atoms with Crippen molar-refractivity contribution in [1.82, 2.24) is 4.90 Å². The van der Waals surface area contributed by atoms with Crippen LogP contribution in [0.4, 0.5) is 5.69 Å². The number of carbonyl (C=O) groups excluding carboxylic acids is 1. The zero-order chi connectivity index (χ0) is 15.6. The second kappa shape index (κ2) is 6.24. The number of piperidine rings is 1. The molecule has 0 saturated carbocycles. The second-order valence-corrected chi connectivity index (χ2v) is 5.95. The highest BCUT2D eigenvalue weighted by molar-refractivity contribution is 6.00. The fourth-order valence-corrected chi connectivity index (χ4v) is 3.08. The van der Waals surface area contributed by atoms with Crippen LogP contribution in [0.2, 0.25) is 0 Å². The summed E-state index contributed by atoms with van der Waals surface area (Å²) in [6.07, 6.45) is 1.16. The summed E-state index contributed by atoms with van der Waals surface area (Å²) >= 11 is 0. The Morgan fingerprint density at radius 3 is 2.19 bits per heavy atom. The van der Waals surface area contributed by atoms with Crippen molar-refractivity contribution in [2.45, 2.75) is 20.3 Å². The van der Waals surface area contributed by atoms with E-state index in [1.54, 1.807) is 26.4 Å². The number of hydrogen-bond acceptors (Lipinski definition) is 4. The number of ether oxygens (including phenoxy) is 2. The van der Waals surface area contributed by atoms with Gasteiger partial charge in [0.25, 0.3) is 5.91 Å². The minimum Gasteiger partial charge on any atom is -0.493 e. The molecule has 1 aliphatic rings. The summed E-state index contributed by atoms with van der Waals surface area (Å²) in [7, 11) is 3.10. The highest BCUT2D eigenvalue weighted by Crippen LogP contribution is 2.33. The number of anilines is 1. The van der Waals surface area contributed by atoms with E-state index in [-0.39, 0.29) is 5.91 Å². The van der Waals surface area contributed by atoms with Crippen LogP contribution in [-0.2, 0) is 0 Å². The number of carbonyl (C=O) groups is 1. The molecule has 21 heavy (non-hydrogen) atoms. The first-order chi connectivity index (χ1) is 9.96. The molecule has 1 fully saturated rings. The van der Waals surface area contributed by atoms with Crippen LogP contribution in [0.3, 0.4) is 0 Å². The molecular formula is C16H24N2O3. The number of methoxy groups -OCH3 is 2. The van der Waals surface area contributed by atoms with Crippen molar-refractivity contribution in [2.24, 2.45) is 11.8 Å². The van der Waals surface area contributed by atoms with E-state index in [1.165, 1.54) is 0 Å². The molecule has 0 aliphatic carbocycles. The molecule has 1 aromatic carbocycles. The van der Waals surface area contributed by atoms with Crippen LogP contribution < -0.4 is 15.2 Å². The van der Waals surface area contributed by atoms with Crippen LogP contribution >= 0.6 is 0 Å². The van der Waals surface area contributed by atoms with Gasteiger partial charge in [0.05, 0.1) is 19.8 Å². The van der Waals surface area contributed by atoms with E-state index in [2.05, 4.69) is 13.8 Å². The maximum absolute atomic E-state index is 12.7. The van der Waals surface area contributed by atoms with E-state index in [9.17, 15) is 4.79 Å². The summed E-state index contributed by atoms with van der Waals surface area (Å²) in [5, 5.41) is 0. The number of amides is 1. The lowest BCUT2D eigenvalue weighted by Gasteiger charge is -2.35. The van der Waals surface area contributed by atoms with Crippen molar-refractivity contribution in [3.8, 4) is 11.5 Å². The predicted octanol–water partition coefficient (Wildman–Crippen LogP) is 2.40. The second-order valence-electron chi connectivity index (χ2n) is 5.95. The molecule has 0 aromatic heterocycles. The van der Waals surface area contributed by atoms with Gasteiger partial charge in [-0.3, -0.25) is 4.79 Å². The summed E-state index contributed by atoms with van der Waals surface area (Å²) in [6.45, 7) is 5.90. The molecule has 5 heteroatoms. The van der Waals surface area contributed by atoms with Gasteiger partial charge in [0.15, 0.2) is 11.5 Å². The third kappa shape index (κ3) is 3.23. The molecule has 2 atom stereocenters. The third-order valence-corrected chi connectivity index (χ3v) is 3.94. The molecular weight excluding hydrogens is 268 g/mol. The first kappa shape index (κ1) is 15.5. The number of rotatable bonds is 3. The van der Waals surface area contributed by atoms with Crippen molar-refractivity contribution < 1.29 is 14.3 Å². The Morgan fingerprint density at radius 1 is 1.14 bits per heavy atom. The van der Waals surface area contributed by atoms with Crippen LogP contribution in [-0.4, -0.2) is 38.1 Å². The van der Waals surface area contributed by atoms with E-state index >= 15 is 0 Å². The van der Waals surface area contributed by atoms with Gasteiger partial charge in [-0.25, -0.2) is 0 Å². The molecule has 5 nitrogen and oxygen atoms in total. The minimum absolute atomic E-state index is 0.0353. The van der Waals surface area contributed by atoms with Gasteiger partial charge in [-0.05, 0) is 24.3 Å². The van der Waals surface area contributed by atoms with Gasteiger partial charge >= 0.3 is 0 Å². The molecule has 1 amide bonds. The number of nitrogens with zero attached hydrogens (tertiary/aromatic N) is 1. The normalized spacial score (nSPS) is 22.0. The van der Waals surface area contributed by atoms with Crippen LogP contribution in [0.1, 0.15) is 30.6 Å². The van der Waals surface area contributed by atoms with Gasteiger partial charge in [-0.15, -0.1) is 0 Å². The molecule has 116 valence electrons. The fraction of sp³-hybridized carbons (Fsp3) is 0.562. The smallest absolute Gasteiger partial charge is 0.256 e. The summed E-state index contributed by atoms with van der Waals surface area (Å²) in [4.78, 5) is 14.6. The van der Waals surface area contributed by atoms with Gasteiger partial charge in [-0.1, -0.05) is 13.8 Å². The maximum Gasteiger partial charge on any atom is 0.256 e. The zero-order valence-electron chi connectivity index (χ0n) is 13.2. The molecule has 1 heterocycles. The lowest BCUT2D eigenvalue weighted by Crippen LogP contribution is -2.42. The number of nitrogen functional groups attached to an aromatic ring is 1.